The maximum Gasteiger partial charge on any atom is 0.321 e. The molecule has 4 aromatic rings. The number of carbonyl (C=O) groups is 1. The van der Waals surface area contributed by atoms with Crippen molar-refractivity contribution in [1.29, 1.82) is 0 Å². The van der Waals surface area contributed by atoms with Crippen LogP contribution in [0.15, 0.2) is 59.4 Å². The van der Waals surface area contributed by atoms with Gasteiger partial charge in [0.15, 0.2) is 0 Å². The SMILES string of the molecule is Cc1ccccc1NC(=O)N1CCN(c2cc(=O)n3nc(-c4ccccc4C)sc3n2)CC1. The summed E-state index contributed by atoms with van der Waals surface area (Å²) in [6.07, 6.45) is 0. The lowest BCUT2D eigenvalue weighted by atomic mass is 10.1. The number of nitrogens with one attached hydrogen (secondary N) is 1. The van der Waals surface area contributed by atoms with Crippen LogP contribution >= 0.6 is 11.3 Å². The molecule has 0 unspecified atom stereocenters. The first-order chi connectivity index (χ1) is 16.0. The van der Waals surface area contributed by atoms with Crippen LogP contribution < -0.4 is 15.8 Å². The molecule has 1 N–H and O–H groups in total. The monoisotopic (exact) mass is 460 g/mol. The third-order valence-corrected chi connectivity index (χ3v) is 6.83. The van der Waals surface area contributed by atoms with Gasteiger partial charge in [0.2, 0.25) is 4.96 Å². The summed E-state index contributed by atoms with van der Waals surface area (Å²) >= 11 is 1.40. The van der Waals surface area contributed by atoms with E-state index < -0.39 is 0 Å². The first kappa shape index (κ1) is 21.1. The minimum atomic E-state index is -0.203. The fraction of sp³-hybridized carbons (Fsp3) is 0.250. The summed E-state index contributed by atoms with van der Waals surface area (Å²) in [4.78, 5) is 34.5. The number of rotatable bonds is 3. The van der Waals surface area contributed by atoms with Gasteiger partial charge in [0.05, 0.1) is 0 Å². The van der Waals surface area contributed by atoms with Gasteiger partial charge in [-0.2, -0.15) is 9.61 Å². The van der Waals surface area contributed by atoms with E-state index in [0.717, 1.165) is 27.4 Å². The molecular formula is C24H24N6O2S. The van der Waals surface area contributed by atoms with E-state index in [1.54, 1.807) is 4.90 Å². The Kier molecular flexibility index (Phi) is 5.55. The van der Waals surface area contributed by atoms with Gasteiger partial charge in [-0.05, 0) is 31.0 Å². The molecule has 1 saturated heterocycles. The molecule has 0 saturated carbocycles. The molecule has 9 heteroatoms. The van der Waals surface area contributed by atoms with Gasteiger partial charge < -0.3 is 15.1 Å². The summed E-state index contributed by atoms with van der Waals surface area (Å²) in [5.41, 5.74) is 3.75. The molecule has 0 spiro atoms. The van der Waals surface area contributed by atoms with Crippen molar-refractivity contribution in [1.82, 2.24) is 19.5 Å². The van der Waals surface area contributed by atoms with Crippen LogP contribution in [0.3, 0.4) is 0 Å². The number of para-hydroxylation sites is 1. The molecule has 0 radical (unpaired) electrons. The molecular weight excluding hydrogens is 436 g/mol. The maximum atomic E-state index is 12.7. The van der Waals surface area contributed by atoms with Crippen LogP contribution in [-0.4, -0.2) is 51.7 Å². The molecule has 168 valence electrons. The number of nitrogens with zero attached hydrogens (tertiary/aromatic N) is 5. The Morgan fingerprint density at radius 2 is 1.67 bits per heavy atom. The smallest absolute Gasteiger partial charge is 0.321 e. The van der Waals surface area contributed by atoms with E-state index in [-0.39, 0.29) is 11.6 Å². The molecule has 8 nitrogen and oxygen atoms in total. The molecule has 3 heterocycles. The van der Waals surface area contributed by atoms with Crippen molar-refractivity contribution in [3.8, 4) is 10.6 Å². The van der Waals surface area contributed by atoms with E-state index in [1.807, 2.05) is 67.3 Å². The molecule has 1 aliphatic rings. The molecule has 2 amide bonds. The number of carbonyl (C=O) groups excluding carboxylic acids is 1. The number of aryl methyl sites for hydroxylation is 2. The highest BCUT2D eigenvalue weighted by Gasteiger charge is 2.23. The molecule has 2 aromatic heterocycles. The highest BCUT2D eigenvalue weighted by Crippen LogP contribution is 2.27. The molecule has 5 rings (SSSR count). The molecule has 1 fully saturated rings. The van der Waals surface area contributed by atoms with Crippen molar-refractivity contribution < 1.29 is 4.79 Å². The quantitative estimate of drug-likeness (QED) is 0.503. The molecule has 1 aliphatic heterocycles. The predicted octanol–water partition coefficient (Wildman–Crippen LogP) is 3.79. The van der Waals surface area contributed by atoms with E-state index in [4.69, 9.17) is 4.98 Å². The van der Waals surface area contributed by atoms with E-state index in [0.29, 0.717) is 37.0 Å². The van der Waals surface area contributed by atoms with Crippen LogP contribution in [-0.2, 0) is 0 Å². The Morgan fingerprint density at radius 3 is 2.39 bits per heavy atom. The first-order valence-corrected chi connectivity index (χ1v) is 11.6. The fourth-order valence-electron chi connectivity index (χ4n) is 3.93. The zero-order valence-electron chi connectivity index (χ0n) is 18.5. The van der Waals surface area contributed by atoms with Gasteiger partial charge in [-0.3, -0.25) is 4.79 Å². The number of anilines is 2. The minimum absolute atomic E-state index is 0.113. The standard InChI is InChI=1S/C24H24N6O2S/c1-16-7-3-5-9-18(16)22-27-30-21(31)15-20(26-24(30)33-22)28-11-13-29(14-12-28)23(32)25-19-10-6-4-8-17(19)2/h3-10,15H,11-14H2,1-2H3,(H,25,32). The van der Waals surface area contributed by atoms with Gasteiger partial charge in [0.25, 0.3) is 5.56 Å². The second-order valence-electron chi connectivity index (χ2n) is 8.09. The van der Waals surface area contributed by atoms with Gasteiger partial charge in [-0.25, -0.2) is 9.78 Å². The third-order valence-electron chi connectivity index (χ3n) is 5.88. The summed E-state index contributed by atoms with van der Waals surface area (Å²) in [6, 6.07) is 17.1. The third kappa shape index (κ3) is 4.19. The highest BCUT2D eigenvalue weighted by atomic mass is 32.1. The lowest BCUT2D eigenvalue weighted by Crippen LogP contribution is -2.50. The zero-order chi connectivity index (χ0) is 22.9. The van der Waals surface area contributed by atoms with Crippen LogP contribution in [0.4, 0.5) is 16.3 Å². The maximum absolute atomic E-state index is 12.7. The lowest BCUT2D eigenvalue weighted by molar-refractivity contribution is 0.208. The van der Waals surface area contributed by atoms with Gasteiger partial charge in [0, 0.05) is 43.5 Å². The summed E-state index contributed by atoms with van der Waals surface area (Å²) < 4.78 is 1.36. The summed E-state index contributed by atoms with van der Waals surface area (Å²) in [6.45, 7) is 6.31. The number of hydrogen-bond acceptors (Lipinski definition) is 6. The molecule has 0 bridgehead atoms. The molecule has 2 aromatic carbocycles. The van der Waals surface area contributed by atoms with E-state index in [2.05, 4.69) is 10.4 Å². The van der Waals surface area contributed by atoms with Crippen molar-refractivity contribution >= 4 is 33.8 Å². The average Bonchev–Trinajstić information content (AvgIpc) is 3.25. The van der Waals surface area contributed by atoms with Gasteiger partial charge in [0.1, 0.15) is 10.8 Å². The normalized spacial score (nSPS) is 14.0. The topological polar surface area (TPSA) is 82.8 Å². The van der Waals surface area contributed by atoms with E-state index in [9.17, 15) is 9.59 Å². The largest absolute Gasteiger partial charge is 0.353 e. The summed E-state index contributed by atoms with van der Waals surface area (Å²) in [7, 11) is 0. The Bertz CT molecular complexity index is 1390. The van der Waals surface area contributed by atoms with Crippen molar-refractivity contribution in [2.75, 3.05) is 36.4 Å². The Hall–Kier alpha value is -3.72. The number of urea groups is 1. The number of fused-ring (bicyclic) bond motifs is 1. The minimum Gasteiger partial charge on any atom is -0.353 e. The first-order valence-electron chi connectivity index (χ1n) is 10.8. The van der Waals surface area contributed by atoms with Crippen molar-refractivity contribution in [2.45, 2.75) is 13.8 Å². The second kappa shape index (κ2) is 8.67. The van der Waals surface area contributed by atoms with Crippen molar-refractivity contribution in [3.05, 3.63) is 76.1 Å². The molecule has 0 atom stereocenters. The zero-order valence-corrected chi connectivity index (χ0v) is 19.3. The number of hydrogen-bond donors (Lipinski definition) is 1. The predicted molar refractivity (Wildman–Crippen MR) is 131 cm³/mol. The Balaban J connectivity index is 1.31. The van der Waals surface area contributed by atoms with Gasteiger partial charge >= 0.3 is 6.03 Å². The van der Waals surface area contributed by atoms with Crippen LogP contribution in [0, 0.1) is 13.8 Å². The van der Waals surface area contributed by atoms with Crippen LogP contribution in [0.25, 0.3) is 15.5 Å². The number of aromatic nitrogens is 3. The number of benzene rings is 2. The van der Waals surface area contributed by atoms with E-state index >= 15 is 0 Å². The Morgan fingerprint density at radius 1 is 0.970 bits per heavy atom. The van der Waals surface area contributed by atoms with Crippen molar-refractivity contribution in [3.63, 3.8) is 0 Å². The van der Waals surface area contributed by atoms with E-state index in [1.165, 1.54) is 21.9 Å². The van der Waals surface area contributed by atoms with Crippen LogP contribution in [0.5, 0.6) is 0 Å². The summed E-state index contributed by atoms with van der Waals surface area (Å²) in [5.74, 6) is 0.624. The number of piperazine rings is 1. The van der Waals surface area contributed by atoms with Gasteiger partial charge in [-0.1, -0.05) is 53.8 Å². The number of amides is 2. The fourth-order valence-corrected chi connectivity index (χ4v) is 4.92. The lowest BCUT2D eigenvalue weighted by Gasteiger charge is -2.35. The average molecular weight is 461 g/mol. The highest BCUT2D eigenvalue weighted by molar-refractivity contribution is 7.19. The van der Waals surface area contributed by atoms with Crippen LogP contribution in [0.2, 0.25) is 0 Å². The molecule has 0 aliphatic carbocycles. The molecule has 33 heavy (non-hydrogen) atoms. The summed E-state index contributed by atoms with van der Waals surface area (Å²) in [5, 5.41) is 8.25. The second-order valence-corrected chi connectivity index (χ2v) is 9.04. The van der Waals surface area contributed by atoms with Gasteiger partial charge in [-0.15, -0.1) is 0 Å². The van der Waals surface area contributed by atoms with Crippen molar-refractivity contribution in [2.24, 2.45) is 0 Å². The van der Waals surface area contributed by atoms with Crippen LogP contribution in [0.1, 0.15) is 11.1 Å². The Labute approximate surface area is 195 Å².